The smallest absolute Gasteiger partial charge is 0.278 e. The molecule has 6 heteroatoms. The number of para-hydroxylation sites is 1. The molecule has 0 spiro atoms. The summed E-state index contributed by atoms with van der Waals surface area (Å²) >= 11 is 0. The second-order valence-electron chi connectivity index (χ2n) is 5.62. The van der Waals surface area contributed by atoms with Crippen LogP contribution in [0.2, 0.25) is 0 Å². The molecule has 0 aliphatic heterocycles. The van der Waals surface area contributed by atoms with Crippen molar-refractivity contribution >= 4 is 5.91 Å². The van der Waals surface area contributed by atoms with Crippen LogP contribution in [0.5, 0.6) is 0 Å². The van der Waals surface area contributed by atoms with Gasteiger partial charge in [-0.15, -0.1) is 0 Å². The molecule has 0 saturated heterocycles. The quantitative estimate of drug-likeness (QED) is 0.844. The summed E-state index contributed by atoms with van der Waals surface area (Å²) in [6, 6.07) is 12.8. The molecule has 0 aliphatic rings. The number of hydrogen-bond donors (Lipinski definition) is 0. The maximum absolute atomic E-state index is 12.7. The van der Waals surface area contributed by atoms with Crippen LogP contribution in [0.4, 0.5) is 0 Å². The number of amides is 1. The zero-order valence-electron chi connectivity index (χ0n) is 14.1. The van der Waals surface area contributed by atoms with Gasteiger partial charge in [0.15, 0.2) is 5.69 Å². The van der Waals surface area contributed by atoms with Gasteiger partial charge in [0.2, 0.25) is 5.43 Å². The highest BCUT2D eigenvalue weighted by molar-refractivity contribution is 5.92. The van der Waals surface area contributed by atoms with Crippen LogP contribution in [0, 0.1) is 24.2 Å². The normalized spacial score (nSPS) is 11.6. The van der Waals surface area contributed by atoms with Crippen molar-refractivity contribution in [2.45, 2.75) is 20.8 Å². The number of nitrogens with zero attached hydrogens (tertiary/aromatic N) is 4. The summed E-state index contributed by atoms with van der Waals surface area (Å²) in [5.41, 5.74) is 0.887. The Balaban J connectivity index is 2.45. The first kappa shape index (κ1) is 17.4. The molecule has 1 aromatic carbocycles. The molecule has 124 valence electrons. The summed E-state index contributed by atoms with van der Waals surface area (Å²) in [4.78, 5) is 26.4. The molecule has 6 nitrogen and oxygen atoms in total. The lowest BCUT2D eigenvalue weighted by molar-refractivity contribution is 0.0743. The molecule has 0 saturated carbocycles. The Morgan fingerprint density at radius 1 is 1.38 bits per heavy atom. The summed E-state index contributed by atoms with van der Waals surface area (Å²) in [5, 5.41) is 13.2. The van der Waals surface area contributed by atoms with Gasteiger partial charge in [-0.25, -0.2) is 4.68 Å². The Morgan fingerprint density at radius 2 is 2.04 bits per heavy atom. The Hall–Kier alpha value is -2.94. The number of aromatic nitrogens is 2. The topological polar surface area (TPSA) is 79.0 Å². The van der Waals surface area contributed by atoms with Gasteiger partial charge in [-0.1, -0.05) is 18.2 Å². The van der Waals surface area contributed by atoms with E-state index in [1.165, 1.54) is 11.0 Å². The third-order valence-electron chi connectivity index (χ3n) is 3.69. The van der Waals surface area contributed by atoms with E-state index < -0.39 is 11.3 Å². The van der Waals surface area contributed by atoms with E-state index in [0.29, 0.717) is 12.2 Å². The molecule has 0 unspecified atom stereocenters. The van der Waals surface area contributed by atoms with Gasteiger partial charge >= 0.3 is 0 Å². The maximum Gasteiger partial charge on any atom is 0.278 e. The minimum Gasteiger partial charge on any atom is -0.336 e. The summed E-state index contributed by atoms with van der Waals surface area (Å²) in [7, 11) is 0. The number of hydrogen-bond acceptors (Lipinski definition) is 4. The molecule has 0 fully saturated rings. The molecule has 1 atom stereocenters. The predicted octanol–water partition coefficient (Wildman–Crippen LogP) is 2.16. The third-order valence-corrected chi connectivity index (χ3v) is 3.69. The largest absolute Gasteiger partial charge is 0.336 e. The van der Waals surface area contributed by atoms with Crippen molar-refractivity contribution in [1.82, 2.24) is 14.7 Å². The summed E-state index contributed by atoms with van der Waals surface area (Å²) in [6.07, 6.45) is 0. The van der Waals surface area contributed by atoms with Crippen molar-refractivity contribution in [2.75, 3.05) is 13.1 Å². The second-order valence-corrected chi connectivity index (χ2v) is 5.62. The van der Waals surface area contributed by atoms with Crippen LogP contribution >= 0.6 is 0 Å². The van der Waals surface area contributed by atoms with Crippen molar-refractivity contribution in [3.63, 3.8) is 0 Å². The number of rotatable bonds is 5. The standard InChI is InChI=1S/C18H20N4O2/c1-4-21(12-13(2)11-19)18(24)17-16(23)10-14(3)22(20-17)15-8-6-5-7-9-15/h5-10,13H,4,12H2,1-3H3/t13-/m0/s1. The van der Waals surface area contributed by atoms with Crippen LogP contribution < -0.4 is 5.43 Å². The van der Waals surface area contributed by atoms with E-state index in [4.69, 9.17) is 5.26 Å². The second kappa shape index (κ2) is 7.55. The van der Waals surface area contributed by atoms with E-state index in [0.717, 1.165) is 5.69 Å². The van der Waals surface area contributed by atoms with Crippen molar-refractivity contribution in [2.24, 2.45) is 5.92 Å². The van der Waals surface area contributed by atoms with Gasteiger partial charge in [-0.05, 0) is 32.9 Å². The molecule has 1 heterocycles. The minimum atomic E-state index is -0.450. The summed E-state index contributed by atoms with van der Waals surface area (Å²) < 4.78 is 1.58. The van der Waals surface area contributed by atoms with Crippen LogP contribution in [0.15, 0.2) is 41.2 Å². The third kappa shape index (κ3) is 3.69. The van der Waals surface area contributed by atoms with E-state index in [2.05, 4.69) is 11.2 Å². The fraction of sp³-hybridized carbons (Fsp3) is 0.333. The van der Waals surface area contributed by atoms with Crippen molar-refractivity contribution in [1.29, 1.82) is 5.26 Å². The molecule has 0 bridgehead atoms. The fourth-order valence-corrected chi connectivity index (χ4v) is 2.40. The molecule has 24 heavy (non-hydrogen) atoms. The highest BCUT2D eigenvalue weighted by atomic mass is 16.2. The molecular weight excluding hydrogens is 304 g/mol. The van der Waals surface area contributed by atoms with E-state index >= 15 is 0 Å². The first-order valence-corrected chi connectivity index (χ1v) is 7.83. The van der Waals surface area contributed by atoms with Crippen molar-refractivity contribution in [3.8, 4) is 11.8 Å². The average molecular weight is 324 g/mol. The maximum atomic E-state index is 12.7. The first-order chi connectivity index (χ1) is 11.5. The van der Waals surface area contributed by atoms with Gasteiger partial charge in [0.05, 0.1) is 17.7 Å². The SMILES string of the molecule is CCN(C[C@@H](C)C#N)C(=O)c1nn(-c2ccccc2)c(C)cc1=O. The number of aryl methyl sites for hydroxylation is 1. The minimum absolute atomic E-state index is 0.128. The number of carbonyl (C=O) groups excluding carboxylic acids is 1. The van der Waals surface area contributed by atoms with Gasteiger partial charge in [0.25, 0.3) is 5.91 Å². The Bertz CT molecular complexity index is 821. The van der Waals surface area contributed by atoms with Crippen LogP contribution in [-0.4, -0.2) is 33.7 Å². The van der Waals surface area contributed by atoms with Gasteiger partial charge in [-0.3, -0.25) is 9.59 Å². The lowest BCUT2D eigenvalue weighted by Gasteiger charge is -2.21. The van der Waals surface area contributed by atoms with Crippen LogP contribution in [0.25, 0.3) is 5.69 Å². The summed E-state index contributed by atoms with van der Waals surface area (Å²) in [5.74, 6) is -0.759. The van der Waals surface area contributed by atoms with E-state index in [-0.39, 0.29) is 18.2 Å². The molecule has 0 N–H and O–H groups in total. The van der Waals surface area contributed by atoms with Gasteiger partial charge in [0.1, 0.15) is 0 Å². The molecule has 0 aliphatic carbocycles. The highest BCUT2D eigenvalue weighted by Crippen LogP contribution is 2.09. The van der Waals surface area contributed by atoms with Crippen molar-refractivity contribution < 1.29 is 4.79 Å². The fourth-order valence-electron chi connectivity index (χ4n) is 2.40. The molecule has 1 amide bonds. The van der Waals surface area contributed by atoms with Gasteiger partial charge in [0, 0.05) is 24.8 Å². The molecular formula is C18H20N4O2. The first-order valence-electron chi connectivity index (χ1n) is 7.83. The molecule has 0 radical (unpaired) electrons. The Labute approximate surface area is 141 Å². The number of benzene rings is 1. The number of nitriles is 1. The van der Waals surface area contributed by atoms with Crippen LogP contribution in [-0.2, 0) is 0 Å². The lowest BCUT2D eigenvalue weighted by atomic mass is 10.2. The zero-order valence-corrected chi connectivity index (χ0v) is 14.1. The monoisotopic (exact) mass is 324 g/mol. The van der Waals surface area contributed by atoms with Crippen LogP contribution in [0.1, 0.15) is 30.0 Å². The van der Waals surface area contributed by atoms with Crippen molar-refractivity contribution in [3.05, 3.63) is 58.0 Å². The molecule has 2 aromatic rings. The van der Waals surface area contributed by atoms with Crippen LogP contribution in [0.3, 0.4) is 0 Å². The highest BCUT2D eigenvalue weighted by Gasteiger charge is 2.22. The molecule has 2 rings (SSSR count). The predicted molar refractivity (Wildman–Crippen MR) is 90.9 cm³/mol. The Morgan fingerprint density at radius 3 is 2.62 bits per heavy atom. The van der Waals surface area contributed by atoms with Gasteiger partial charge in [-0.2, -0.15) is 10.4 Å². The zero-order chi connectivity index (χ0) is 17.7. The average Bonchev–Trinajstić information content (AvgIpc) is 2.59. The lowest BCUT2D eigenvalue weighted by Crippen LogP contribution is -2.38. The summed E-state index contributed by atoms with van der Waals surface area (Å²) in [6.45, 7) is 6.00. The Kier molecular flexibility index (Phi) is 5.48. The van der Waals surface area contributed by atoms with E-state index in [1.54, 1.807) is 18.5 Å². The van der Waals surface area contributed by atoms with Gasteiger partial charge < -0.3 is 4.90 Å². The van der Waals surface area contributed by atoms with E-state index in [1.807, 2.05) is 37.3 Å². The van der Waals surface area contributed by atoms with E-state index in [9.17, 15) is 9.59 Å². The molecule has 1 aromatic heterocycles. The number of carbonyl (C=O) groups is 1.